The number of hydrogen-bond donors (Lipinski definition) is 0. The number of fused-ring (bicyclic) bond motifs is 1. The van der Waals surface area contributed by atoms with Crippen molar-refractivity contribution in [2.75, 3.05) is 13.2 Å². The van der Waals surface area contributed by atoms with Gasteiger partial charge in [-0.1, -0.05) is 18.2 Å². The van der Waals surface area contributed by atoms with E-state index in [1.165, 1.54) is 11.1 Å². The summed E-state index contributed by atoms with van der Waals surface area (Å²) in [6, 6.07) is 9.44. The summed E-state index contributed by atoms with van der Waals surface area (Å²) >= 11 is 0. The SMILES string of the molecule is [c]1cccc2c1CCOCC2. The van der Waals surface area contributed by atoms with Gasteiger partial charge in [0.2, 0.25) is 0 Å². The Morgan fingerprint density at radius 3 is 3.18 bits per heavy atom. The summed E-state index contributed by atoms with van der Waals surface area (Å²) in [6.07, 6.45) is 2.07. The monoisotopic (exact) mass is 147 g/mol. The van der Waals surface area contributed by atoms with Crippen molar-refractivity contribution in [2.45, 2.75) is 12.8 Å². The lowest BCUT2D eigenvalue weighted by Crippen LogP contribution is -1.94. The largest absolute Gasteiger partial charge is 0.381 e. The lowest BCUT2D eigenvalue weighted by atomic mass is 10.0. The Hall–Kier alpha value is -0.820. The fourth-order valence-corrected chi connectivity index (χ4v) is 1.43. The van der Waals surface area contributed by atoms with E-state index in [1.807, 2.05) is 12.1 Å². The zero-order chi connectivity index (χ0) is 7.52. The van der Waals surface area contributed by atoms with E-state index in [9.17, 15) is 0 Å². The molecule has 1 heteroatoms. The molecule has 1 aliphatic heterocycles. The Kier molecular flexibility index (Phi) is 1.91. The van der Waals surface area contributed by atoms with Crippen LogP contribution < -0.4 is 0 Å². The van der Waals surface area contributed by atoms with Gasteiger partial charge in [0.1, 0.15) is 0 Å². The molecule has 11 heavy (non-hydrogen) atoms. The smallest absolute Gasteiger partial charge is 0.0506 e. The van der Waals surface area contributed by atoms with Crippen molar-refractivity contribution >= 4 is 0 Å². The van der Waals surface area contributed by atoms with Crippen LogP contribution in [0.1, 0.15) is 11.1 Å². The van der Waals surface area contributed by atoms with Crippen molar-refractivity contribution in [3.63, 3.8) is 0 Å². The van der Waals surface area contributed by atoms with Gasteiger partial charge in [-0.3, -0.25) is 0 Å². The van der Waals surface area contributed by atoms with Gasteiger partial charge in [0, 0.05) is 0 Å². The van der Waals surface area contributed by atoms with Crippen LogP contribution in [0, 0.1) is 6.07 Å². The summed E-state index contributed by atoms with van der Waals surface area (Å²) in [5.41, 5.74) is 2.75. The summed E-state index contributed by atoms with van der Waals surface area (Å²) in [7, 11) is 0. The van der Waals surface area contributed by atoms with Crippen molar-refractivity contribution in [3.8, 4) is 0 Å². The van der Waals surface area contributed by atoms with Crippen LogP contribution in [0.15, 0.2) is 18.2 Å². The van der Waals surface area contributed by atoms with Gasteiger partial charge in [-0.15, -0.1) is 0 Å². The summed E-state index contributed by atoms with van der Waals surface area (Å²) in [5.74, 6) is 0. The van der Waals surface area contributed by atoms with Crippen molar-refractivity contribution < 1.29 is 4.74 Å². The Bertz CT molecular complexity index is 217. The summed E-state index contributed by atoms with van der Waals surface area (Å²) in [5, 5.41) is 0. The third kappa shape index (κ3) is 1.43. The van der Waals surface area contributed by atoms with Crippen LogP contribution in [0.3, 0.4) is 0 Å². The van der Waals surface area contributed by atoms with E-state index in [1.54, 1.807) is 0 Å². The molecule has 1 aromatic rings. The first-order chi connectivity index (χ1) is 5.47. The van der Waals surface area contributed by atoms with Crippen LogP contribution in [0.25, 0.3) is 0 Å². The van der Waals surface area contributed by atoms with Crippen LogP contribution in [-0.4, -0.2) is 13.2 Å². The molecule has 1 radical (unpaired) electrons. The molecule has 0 spiro atoms. The van der Waals surface area contributed by atoms with Gasteiger partial charge in [-0.2, -0.15) is 0 Å². The molecule has 0 N–H and O–H groups in total. The molecule has 0 fully saturated rings. The highest BCUT2D eigenvalue weighted by molar-refractivity contribution is 5.26. The molecule has 0 aromatic heterocycles. The fourth-order valence-electron chi connectivity index (χ4n) is 1.43. The summed E-state index contributed by atoms with van der Waals surface area (Å²) < 4.78 is 5.36. The molecule has 1 aliphatic rings. The average molecular weight is 147 g/mol. The molecule has 0 saturated heterocycles. The van der Waals surface area contributed by atoms with E-state index >= 15 is 0 Å². The molecule has 0 aliphatic carbocycles. The van der Waals surface area contributed by atoms with Crippen LogP contribution >= 0.6 is 0 Å². The second-order valence-electron chi connectivity index (χ2n) is 2.79. The lowest BCUT2D eigenvalue weighted by Gasteiger charge is -2.00. The van der Waals surface area contributed by atoms with E-state index in [2.05, 4.69) is 12.1 Å². The summed E-state index contributed by atoms with van der Waals surface area (Å²) in [4.78, 5) is 0. The minimum Gasteiger partial charge on any atom is -0.381 e. The maximum atomic E-state index is 5.36. The predicted octanol–water partition coefficient (Wildman–Crippen LogP) is 1.60. The quantitative estimate of drug-likeness (QED) is 0.541. The number of benzene rings is 1. The fraction of sp³-hybridized carbons (Fsp3) is 0.400. The first kappa shape index (κ1) is 6.86. The molecule has 0 unspecified atom stereocenters. The molecule has 0 bridgehead atoms. The van der Waals surface area contributed by atoms with Crippen molar-refractivity contribution in [3.05, 3.63) is 35.4 Å². The maximum absolute atomic E-state index is 5.36. The standard InChI is InChI=1S/C10H11O/c1-2-4-10-6-8-11-7-5-9(10)3-1/h1-3H,5-8H2. The molecule has 0 amide bonds. The van der Waals surface area contributed by atoms with Gasteiger partial charge >= 0.3 is 0 Å². The van der Waals surface area contributed by atoms with Gasteiger partial charge < -0.3 is 4.74 Å². The minimum atomic E-state index is 0.855. The average Bonchev–Trinajstić information content (AvgIpc) is 2.28. The van der Waals surface area contributed by atoms with E-state index in [4.69, 9.17) is 4.74 Å². The zero-order valence-corrected chi connectivity index (χ0v) is 6.47. The normalized spacial score (nSPS) is 17.1. The van der Waals surface area contributed by atoms with Gasteiger partial charge in [0.25, 0.3) is 0 Å². The van der Waals surface area contributed by atoms with E-state index in [0.29, 0.717) is 0 Å². The minimum absolute atomic E-state index is 0.855. The number of rotatable bonds is 0. The van der Waals surface area contributed by atoms with Crippen molar-refractivity contribution in [1.29, 1.82) is 0 Å². The second-order valence-corrected chi connectivity index (χ2v) is 2.79. The third-order valence-corrected chi connectivity index (χ3v) is 2.05. The van der Waals surface area contributed by atoms with Crippen LogP contribution in [0.5, 0.6) is 0 Å². The van der Waals surface area contributed by atoms with E-state index in [-0.39, 0.29) is 0 Å². The van der Waals surface area contributed by atoms with Crippen LogP contribution in [0.4, 0.5) is 0 Å². The Morgan fingerprint density at radius 2 is 2.18 bits per heavy atom. The molecular formula is C10H11O. The lowest BCUT2D eigenvalue weighted by molar-refractivity contribution is 0.146. The Balaban J connectivity index is 2.33. The van der Waals surface area contributed by atoms with Crippen LogP contribution in [0.2, 0.25) is 0 Å². The van der Waals surface area contributed by atoms with Crippen molar-refractivity contribution in [1.82, 2.24) is 0 Å². The number of hydrogen-bond acceptors (Lipinski definition) is 1. The second kappa shape index (κ2) is 3.05. The number of ether oxygens (including phenoxy) is 1. The molecule has 57 valence electrons. The molecule has 0 saturated carbocycles. The highest BCUT2D eigenvalue weighted by Crippen LogP contribution is 2.12. The molecular weight excluding hydrogens is 136 g/mol. The van der Waals surface area contributed by atoms with Crippen LogP contribution in [-0.2, 0) is 17.6 Å². The van der Waals surface area contributed by atoms with Gasteiger partial charge in [0.05, 0.1) is 13.2 Å². The third-order valence-electron chi connectivity index (χ3n) is 2.05. The molecule has 1 heterocycles. The Morgan fingerprint density at radius 1 is 1.27 bits per heavy atom. The van der Waals surface area contributed by atoms with Gasteiger partial charge in [0.15, 0.2) is 0 Å². The molecule has 0 atom stereocenters. The molecule has 1 nitrogen and oxygen atoms in total. The zero-order valence-electron chi connectivity index (χ0n) is 6.47. The highest BCUT2D eigenvalue weighted by Gasteiger charge is 2.05. The molecule has 2 rings (SSSR count). The van der Waals surface area contributed by atoms with Gasteiger partial charge in [-0.25, -0.2) is 0 Å². The Labute approximate surface area is 67.0 Å². The van der Waals surface area contributed by atoms with Crippen molar-refractivity contribution in [2.24, 2.45) is 0 Å². The van der Waals surface area contributed by atoms with E-state index < -0.39 is 0 Å². The topological polar surface area (TPSA) is 9.23 Å². The highest BCUT2D eigenvalue weighted by atomic mass is 16.5. The van der Waals surface area contributed by atoms with E-state index in [0.717, 1.165) is 26.1 Å². The first-order valence-corrected chi connectivity index (χ1v) is 4.03. The summed E-state index contributed by atoms with van der Waals surface area (Å²) in [6.45, 7) is 1.72. The maximum Gasteiger partial charge on any atom is 0.0506 e. The van der Waals surface area contributed by atoms with Gasteiger partial charge in [-0.05, 0) is 30.0 Å². The molecule has 1 aromatic carbocycles. The first-order valence-electron chi connectivity index (χ1n) is 4.03. The predicted molar refractivity (Wildman–Crippen MR) is 43.5 cm³/mol.